The number of imidazole rings is 1. The quantitative estimate of drug-likeness (QED) is 0.458. The molecular weight excluding hydrogens is 339 g/mol. The van der Waals surface area contributed by atoms with Crippen molar-refractivity contribution < 1.29 is 9.13 Å². The molecule has 3 aromatic carbocycles. The molecule has 0 spiro atoms. The Hall–Kier alpha value is -3.14. The third-order valence-corrected chi connectivity index (χ3v) is 4.64. The van der Waals surface area contributed by atoms with Crippen molar-refractivity contribution in [2.24, 2.45) is 0 Å². The largest absolute Gasteiger partial charge is 0.483 e. The zero-order chi connectivity index (χ0) is 18.8. The fourth-order valence-corrected chi connectivity index (χ4v) is 3.31. The number of para-hydroxylation sites is 2. The molecule has 0 aliphatic rings. The zero-order valence-electron chi connectivity index (χ0n) is 15.4. The molecule has 3 nitrogen and oxygen atoms in total. The van der Waals surface area contributed by atoms with E-state index in [9.17, 15) is 4.39 Å². The molecule has 0 fully saturated rings. The fourth-order valence-electron chi connectivity index (χ4n) is 3.31. The number of halogens is 1. The normalized spacial score (nSPS) is 12.3. The highest BCUT2D eigenvalue weighted by Crippen LogP contribution is 2.27. The van der Waals surface area contributed by atoms with Crippen LogP contribution in [0.15, 0.2) is 72.8 Å². The molecule has 4 heteroatoms. The Balaban J connectivity index is 1.74. The van der Waals surface area contributed by atoms with Crippen LogP contribution in [0.5, 0.6) is 5.75 Å². The zero-order valence-corrected chi connectivity index (χ0v) is 15.4. The molecule has 0 amide bonds. The number of hydrogen-bond donors (Lipinski definition) is 0. The molecule has 1 atom stereocenters. The minimum atomic E-state index is -0.272. The van der Waals surface area contributed by atoms with Gasteiger partial charge in [-0.15, -0.1) is 0 Å². The van der Waals surface area contributed by atoms with E-state index in [1.807, 2.05) is 73.0 Å². The van der Waals surface area contributed by atoms with Crippen molar-refractivity contribution in [3.05, 3.63) is 95.6 Å². The number of aryl methyl sites for hydroxylation is 1. The number of benzene rings is 3. The molecule has 0 saturated heterocycles. The van der Waals surface area contributed by atoms with Crippen molar-refractivity contribution in [2.45, 2.75) is 26.5 Å². The molecule has 0 radical (unpaired) electrons. The summed E-state index contributed by atoms with van der Waals surface area (Å²) in [4.78, 5) is 4.77. The van der Waals surface area contributed by atoms with Gasteiger partial charge >= 0.3 is 0 Å². The summed E-state index contributed by atoms with van der Waals surface area (Å²) in [5.74, 6) is 1.36. The molecule has 1 unspecified atom stereocenters. The molecule has 136 valence electrons. The van der Waals surface area contributed by atoms with E-state index in [0.29, 0.717) is 12.1 Å². The van der Waals surface area contributed by atoms with Gasteiger partial charge in [0.15, 0.2) is 11.9 Å². The number of fused-ring (bicyclic) bond motifs is 1. The third-order valence-electron chi connectivity index (χ3n) is 4.64. The van der Waals surface area contributed by atoms with Crippen molar-refractivity contribution >= 4 is 11.0 Å². The van der Waals surface area contributed by atoms with Crippen LogP contribution in [0.4, 0.5) is 4.39 Å². The summed E-state index contributed by atoms with van der Waals surface area (Å²) in [6.07, 6.45) is -0.272. The van der Waals surface area contributed by atoms with E-state index < -0.39 is 0 Å². The summed E-state index contributed by atoms with van der Waals surface area (Å²) in [5.41, 5.74) is 3.61. The number of ether oxygens (including phenoxy) is 1. The van der Waals surface area contributed by atoms with Gasteiger partial charge in [0, 0.05) is 5.56 Å². The number of rotatable bonds is 5. The Morgan fingerprint density at radius 2 is 1.78 bits per heavy atom. The van der Waals surface area contributed by atoms with Gasteiger partial charge in [-0.25, -0.2) is 9.37 Å². The van der Waals surface area contributed by atoms with Crippen molar-refractivity contribution in [3.8, 4) is 5.75 Å². The molecule has 4 rings (SSSR count). The van der Waals surface area contributed by atoms with E-state index >= 15 is 0 Å². The maximum Gasteiger partial charge on any atom is 0.153 e. The second-order valence-electron chi connectivity index (χ2n) is 6.71. The molecular formula is C23H21FN2O. The average Bonchev–Trinajstić information content (AvgIpc) is 3.02. The number of nitrogens with zero attached hydrogens (tertiary/aromatic N) is 2. The Labute approximate surface area is 158 Å². The van der Waals surface area contributed by atoms with Gasteiger partial charge in [-0.1, -0.05) is 42.5 Å². The Morgan fingerprint density at radius 1 is 1.00 bits per heavy atom. The maximum atomic E-state index is 14.2. The second kappa shape index (κ2) is 7.23. The van der Waals surface area contributed by atoms with Crippen LogP contribution in [-0.4, -0.2) is 9.55 Å². The summed E-state index contributed by atoms with van der Waals surface area (Å²) in [6.45, 7) is 4.41. The standard InChI is InChI=1S/C23H21FN2O/c1-16-8-7-10-19(14-16)27-17(2)23-25-21-12-5-6-13-22(21)26(23)15-18-9-3-4-11-20(18)24/h3-14,17H,15H2,1-2H3. The van der Waals surface area contributed by atoms with Gasteiger partial charge in [0.1, 0.15) is 11.6 Å². The highest BCUT2D eigenvalue weighted by molar-refractivity contribution is 5.76. The summed E-state index contributed by atoms with van der Waals surface area (Å²) in [7, 11) is 0. The van der Waals surface area contributed by atoms with Crippen molar-refractivity contribution in [1.29, 1.82) is 0 Å². The lowest BCUT2D eigenvalue weighted by molar-refractivity contribution is 0.212. The van der Waals surface area contributed by atoms with Crippen LogP contribution < -0.4 is 4.74 Å². The highest BCUT2D eigenvalue weighted by atomic mass is 19.1. The number of aromatic nitrogens is 2. The first-order valence-electron chi connectivity index (χ1n) is 9.04. The van der Waals surface area contributed by atoms with E-state index in [2.05, 4.69) is 0 Å². The molecule has 0 saturated carbocycles. The van der Waals surface area contributed by atoms with Crippen LogP contribution in [0.25, 0.3) is 11.0 Å². The van der Waals surface area contributed by atoms with Crippen LogP contribution in [-0.2, 0) is 6.54 Å². The first-order valence-corrected chi connectivity index (χ1v) is 9.04. The van der Waals surface area contributed by atoms with Crippen LogP contribution in [0, 0.1) is 12.7 Å². The smallest absolute Gasteiger partial charge is 0.153 e. The van der Waals surface area contributed by atoms with Crippen molar-refractivity contribution in [1.82, 2.24) is 9.55 Å². The molecule has 27 heavy (non-hydrogen) atoms. The summed E-state index contributed by atoms with van der Waals surface area (Å²) < 4.78 is 22.4. The van der Waals surface area contributed by atoms with Crippen LogP contribution >= 0.6 is 0 Å². The minimum absolute atomic E-state index is 0.214. The monoisotopic (exact) mass is 360 g/mol. The summed E-state index contributed by atoms with van der Waals surface area (Å²) in [5, 5.41) is 0. The molecule has 0 aliphatic heterocycles. The van der Waals surface area contributed by atoms with Crippen molar-refractivity contribution in [3.63, 3.8) is 0 Å². The van der Waals surface area contributed by atoms with Gasteiger partial charge in [-0.3, -0.25) is 0 Å². The predicted molar refractivity (Wildman–Crippen MR) is 105 cm³/mol. The molecule has 1 aromatic heterocycles. The van der Waals surface area contributed by atoms with E-state index in [0.717, 1.165) is 28.2 Å². The van der Waals surface area contributed by atoms with Crippen LogP contribution in [0.2, 0.25) is 0 Å². The molecule has 0 bridgehead atoms. The van der Waals surface area contributed by atoms with Crippen LogP contribution in [0.1, 0.15) is 30.0 Å². The lowest BCUT2D eigenvalue weighted by Gasteiger charge is -2.17. The Morgan fingerprint density at radius 3 is 2.59 bits per heavy atom. The number of hydrogen-bond acceptors (Lipinski definition) is 2. The lowest BCUT2D eigenvalue weighted by Crippen LogP contribution is -2.13. The Kier molecular flexibility index (Phi) is 4.63. The minimum Gasteiger partial charge on any atom is -0.483 e. The van der Waals surface area contributed by atoms with Gasteiger partial charge in [-0.2, -0.15) is 0 Å². The van der Waals surface area contributed by atoms with Gasteiger partial charge in [0.05, 0.1) is 17.6 Å². The van der Waals surface area contributed by atoms with E-state index in [1.165, 1.54) is 6.07 Å². The second-order valence-corrected chi connectivity index (χ2v) is 6.71. The van der Waals surface area contributed by atoms with Gasteiger partial charge < -0.3 is 9.30 Å². The molecule has 0 N–H and O–H groups in total. The predicted octanol–water partition coefficient (Wildman–Crippen LogP) is 5.67. The Bertz CT molecular complexity index is 1090. The lowest BCUT2D eigenvalue weighted by atomic mass is 10.2. The SMILES string of the molecule is Cc1cccc(OC(C)c2nc3ccccc3n2Cc2ccccc2F)c1. The van der Waals surface area contributed by atoms with E-state index in [-0.39, 0.29) is 11.9 Å². The average molecular weight is 360 g/mol. The first kappa shape index (κ1) is 17.3. The van der Waals surface area contributed by atoms with Gasteiger partial charge in [0.2, 0.25) is 0 Å². The van der Waals surface area contributed by atoms with E-state index in [4.69, 9.17) is 9.72 Å². The fraction of sp³-hybridized carbons (Fsp3) is 0.174. The first-order chi connectivity index (χ1) is 13.1. The molecule has 0 aliphatic carbocycles. The molecule has 4 aromatic rings. The van der Waals surface area contributed by atoms with Crippen molar-refractivity contribution in [2.75, 3.05) is 0 Å². The summed E-state index contributed by atoms with van der Waals surface area (Å²) >= 11 is 0. The topological polar surface area (TPSA) is 27.1 Å². The van der Waals surface area contributed by atoms with Crippen LogP contribution in [0.3, 0.4) is 0 Å². The van der Waals surface area contributed by atoms with Gasteiger partial charge in [0.25, 0.3) is 0 Å². The molecule has 1 heterocycles. The third kappa shape index (κ3) is 3.56. The maximum absolute atomic E-state index is 14.2. The van der Waals surface area contributed by atoms with Gasteiger partial charge in [-0.05, 0) is 49.7 Å². The highest BCUT2D eigenvalue weighted by Gasteiger charge is 2.19. The van der Waals surface area contributed by atoms with E-state index in [1.54, 1.807) is 12.1 Å². The summed E-state index contributed by atoms with van der Waals surface area (Å²) in [6, 6.07) is 22.7.